The van der Waals surface area contributed by atoms with Crippen LogP contribution in [0.2, 0.25) is 0 Å². The van der Waals surface area contributed by atoms with Gasteiger partial charge in [-0.3, -0.25) is 0 Å². The summed E-state index contributed by atoms with van der Waals surface area (Å²) in [6, 6.07) is 0. The van der Waals surface area contributed by atoms with Crippen molar-refractivity contribution < 1.29 is 4.74 Å². The lowest BCUT2D eigenvalue weighted by atomic mass is 9.92. The standard InChI is InChI=1S/C41H76O/c1-34(2)20-14-23-37(5)26-17-29-38(6)27-15-24-35(3)21-12-13-22-36(4)25-16-28-39(7)30-18-31-40(8)32-19-33-41(9,10)42-11/h12-13,15,18-19,24,30,32,34-40H,14,16-17,20-23,25-29,31,33H2,1-11H3/b13-12+,24-15+,30-18+,32-19-/t35-,36-,37-,38-,39-,40-/m0/s1. The molecule has 0 spiro atoms. The minimum Gasteiger partial charge on any atom is -0.378 e. The second-order valence-electron chi connectivity index (χ2n) is 15.3. The van der Waals surface area contributed by atoms with Gasteiger partial charge in [-0.2, -0.15) is 0 Å². The average Bonchev–Trinajstić information content (AvgIpc) is 2.91. The van der Waals surface area contributed by atoms with Gasteiger partial charge in [0.05, 0.1) is 5.60 Å². The smallest absolute Gasteiger partial charge is 0.0657 e. The lowest BCUT2D eigenvalue weighted by Gasteiger charge is -2.20. The van der Waals surface area contributed by atoms with Crippen molar-refractivity contribution in [3.8, 4) is 0 Å². The number of rotatable bonds is 26. The van der Waals surface area contributed by atoms with Gasteiger partial charge in [0.2, 0.25) is 0 Å². The first kappa shape index (κ1) is 40.9. The van der Waals surface area contributed by atoms with Crippen LogP contribution in [-0.2, 0) is 4.74 Å². The number of hydrogen-bond donors (Lipinski definition) is 0. The molecular formula is C41H76O. The molecule has 0 aromatic heterocycles. The van der Waals surface area contributed by atoms with E-state index in [4.69, 9.17) is 4.74 Å². The van der Waals surface area contributed by atoms with E-state index in [1.165, 1.54) is 77.0 Å². The second-order valence-corrected chi connectivity index (χ2v) is 15.3. The van der Waals surface area contributed by atoms with Crippen molar-refractivity contribution in [2.75, 3.05) is 7.11 Å². The van der Waals surface area contributed by atoms with Gasteiger partial charge in [-0.15, -0.1) is 0 Å². The zero-order valence-electron chi connectivity index (χ0n) is 30.5. The molecule has 0 radical (unpaired) electrons. The summed E-state index contributed by atoms with van der Waals surface area (Å²) in [5.41, 5.74) is -0.0627. The highest BCUT2D eigenvalue weighted by Gasteiger charge is 2.13. The lowest BCUT2D eigenvalue weighted by Crippen LogP contribution is -2.20. The Morgan fingerprint density at radius 2 is 0.905 bits per heavy atom. The van der Waals surface area contributed by atoms with Crippen molar-refractivity contribution in [1.82, 2.24) is 0 Å². The first-order valence-corrected chi connectivity index (χ1v) is 18.0. The quantitative estimate of drug-likeness (QED) is 0.0919. The van der Waals surface area contributed by atoms with E-state index in [0.717, 1.165) is 36.5 Å². The highest BCUT2D eigenvalue weighted by Crippen LogP contribution is 2.22. The fourth-order valence-electron chi connectivity index (χ4n) is 5.49. The van der Waals surface area contributed by atoms with Gasteiger partial charge in [0, 0.05) is 7.11 Å². The molecule has 1 nitrogen and oxygen atoms in total. The normalized spacial score (nSPS) is 17.6. The van der Waals surface area contributed by atoms with Crippen LogP contribution in [-0.4, -0.2) is 12.7 Å². The van der Waals surface area contributed by atoms with Crippen LogP contribution in [0.25, 0.3) is 0 Å². The van der Waals surface area contributed by atoms with E-state index in [9.17, 15) is 0 Å². The van der Waals surface area contributed by atoms with E-state index in [0.29, 0.717) is 17.8 Å². The van der Waals surface area contributed by atoms with Gasteiger partial charge in [-0.05, 0) is 93.8 Å². The summed E-state index contributed by atoms with van der Waals surface area (Å²) < 4.78 is 5.50. The maximum absolute atomic E-state index is 5.50. The Morgan fingerprint density at radius 1 is 0.476 bits per heavy atom. The van der Waals surface area contributed by atoms with Gasteiger partial charge in [0.15, 0.2) is 0 Å². The molecule has 0 saturated carbocycles. The molecular weight excluding hydrogens is 508 g/mol. The fourth-order valence-corrected chi connectivity index (χ4v) is 5.49. The van der Waals surface area contributed by atoms with Crippen molar-refractivity contribution in [1.29, 1.82) is 0 Å². The SMILES string of the molecule is COC(C)(C)C/C=C\[C@@H](C)C/C=C/[C@@H](C)CCC[C@@H](C)C/C=C/C[C@H](C)/C=C/C[C@H](C)CCC[C@@H](C)CCCC(C)C. The Bertz CT molecular complexity index is 723. The maximum Gasteiger partial charge on any atom is 0.0657 e. The molecule has 0 rings (SSSR count). The Labute approximate surface area is 266 Å². The highest BCUT2D eigenvalue weighted by atomic mass is 16.5. The van der Waals surface area contributed by atoms with Gasteiger partial charge in [-0.1, -0.05) is 155 Å². The molecule has 0 unspecified atom stereocenters. The molecule has 0 aliphatic heterocycles. The monoisotopic (exact) mass is 585 g/mol. The predicted octanol–water partition coefficient (Wildman–Crippen LogP) is 13.6. The third-order valence-corrected chi connectivity index (χ3v) is 9.04. The van der Waals surface area contributed by atoms with Crippen LogP contribution < -0.4 is 0 Å². The molecule has 0 fully saturated rings. The van der Waals surface area contributed by atoms with Crippen LogP contribution in [0.1, 0.15) is 159 Å². The molecule has 0 N–H and O–H groups in total. The average molecular weight is 585 g/mol. The fraction of sp³-hybridized carbons (Fsp3) is 0.805. The van der Waals surface area contributed by atoms with E-state index >= 15 is 0 Å². The number of ether oxygens (including phenoxy) is 1. The molecule has 0 aliphatic rings. The first-order valence-electron chi connectivity index (χ1n) is 18.0. The molecule has 0 aliphatic carbocycles. The minimum atomic E-state index is -0.0627. The topological polar surface area (TPSA) is 9.23 Å². The summed E-state index contributed by atoms with van der Waals surface area (Å²) in [6.45, 7) is 23.3. The van der Waals surface area contributed by atoms with Crippen LogP contribution in [0.3, 0.4) is 0 Å². The van der Waals surface area contributed by atoms with Crippen molar-refractivity contribution in [3.63, 3.8) is 0 Å². The largest absolute Gasteiger partial charge is 0.378 e. The van der Waals surface area contributed by atoms with Gasteiger partial charge in [-0.25, -0.2) is 0 Å². The van der Waals surface area contributed by atoms with Gasteiger partial charge >= 0.3 is 0 Å². The summed E-state index contributed by atoms with van der Waals surface area (Å²) in [4.78, 5) is 0. The third kappa shape index (κ3) is 26.5. The lowest BCUT2D eigenvalue weighted by molar-refractivity contribution is 0.0254. The maximum atomic E-state index is 5.50. The minimum absolute atomic E-state index is 0.0627. The Balaban J connectivity index is 3.96. The van der Waals surface area contributed by atoms with Gasteiger partial charge in [0.1, 0.15) is 0 Å². The molecule has 0 aromatic rings. The van der Waals surface area contributed by atoms with Crippen molar-refractivity contribution >= 4 is 0 Å². The van der Waals surface area contributed by atoms with Crippen LogP contribution in [0.5, 0.6) is 0 Å². The van der Waals surface area contributed by atoms with E-state index in [-0.39, 0.29) is 5.60 Å². The van der Waals surface area contributed by atoms with Crippen LogP contribution in [0.4, 0.5) is 0 Å². The molecule has 246 valence electrons. The van der Waals surface area contributed by atoms with Crippen molar-refractivity contribution in [3.05, 3.63) is 48.6 Å². The van der Waals surface area contributed by atoms with Crippen LogP contribution >= 0.6 is 0 Å². The summed E-state index contributed by atoms with van der Waals surface area (Å²) in [5.74, 6) is 5.26. The Kier molecular flexibility index (Phi) is 24.6. The number of methoxy groups -OCH3 is 1. The van der Waals surface area contributed by atoms with E-state index in [2.05, 4.69) is 118 Å². The van der Waals surface area contributed by atoms with Gasteiger partial charge in [0.25, 0.3) is 0 Å². The van der Waals surface area contributed by atoms with E-state index in [1.807, 2.05) is 0 Å². The summed E-state index contributed by atoms with van der Waals surface area (Å²) in [5, 5.41) is 0. The number of hydrogen-bond acceptors (Lipinski definition) is 1. The third-order valence-electron chi connectivity index (χ3n) is 9.04. The molecule has 0 aromatic carbocycles. The summed E-state index contributed by atoms with van der Waals surface area (Å²) in [6.07, 6.45) is 37.3. The van der Waals surface area contributed by atoms with Crippen LogP contribution in [0.15, 0.2) is 48.6 Å². The molecule has 6 atom stereocenters. The van der Waals surface area contributed by atoms with E-state index < -0.39 is 0 Å². The summed E-state index contributed by atoms with van der Waals surface area (Å²) >= 11 is 0. The molecule has 1 heteroatoms. The molecule has 42 heavy (non-hydrogen) atoms. The Morgan fingerprint density at radius 3 is 1.50 bits per heavy atom. The van der Waals surface area contributed by atoms with Gasteiger partial charge < -0.3 is 4.74 Å². The Hall–Kier alpha value is -1.08. The number of allylic oxidation sites excluding steroid dienone is 7. The van der Waals surface area contributed by atoms with Crippen molar-refractivity contribution in [2.24, 2.45) is 41.4 Å². The van der Waals surface area contributed by atoms with E-state index in [1.54, 1.807) is 7.11 Å². The van der Waals surface area contributed by atoms with Crippen molar-refractivity contribution in [2.45, 2.75) is 165 Å². The molecule has 0 amide bonds. The predicted molar refractivity (Wildman–Crippen MR) is 192 cm³/mol. The molecule has 0 heterocycles. The second kappa shape index (κ2) is 25.3. The highest BCUT2D eigenvalue weighted by molar-refractivity contribution is 4.96. The molecule has 0 saturated heterocycles. The first-order chi connectivity index (χ1) is 19.8. The zero-order chi connectivity index (χ0) is 31.8. The summed E-state index contributed by atoms with van der Waals surface area (Å²) in [7, 11) is 1.79. The zero-order valence-corrected chi connectivity index (χ0v) is 30.5. The van der Waals surface area contributed by atoms with Crippen LogP contribution in [0, 0.1) is 41.4 Å². The molecule has 0 bridgehead atoms.